The Bertz CT molecular complexity index is 869. The minimum atomic E-state index is -5.16. The van der Waals surface area contributed by atoms with Gasteiger partial charge < -0.3 is 15.7 Å². The van der Waals surface area contributed by atoms with Crippen LogP contribution in [0.15, 0.2) is 42.5 Å². The van der Waals surface area contributed by atoms with Crippen LogP contribution in [-0.2, 0) is 4.79 Å². The standard InChI is InChI=1S/C17H13Cl2F3N2O3/c1-16(27,17(20,21)22)15(26)24-13-7-2-9(8-12(13)19)14(25)23-11-5-3-10(18)4-6-11/h2-8,27H,1H3,(H,23,25)(H,24,26). The van der Waals surface area contributed by atoms with Crippen molar-refractivity contribution in [1.82, 2.24) is 0 Å². The van der Waals surface area contributed by atoms with E-state index in [4.69, 9.17) is 23.2 Å². The van der Waals surface area contributed by atoms with E-state index in [0.29, 0.717) is 17.6 Å². The molecule has 2 aromatic carbocycles. The van der Waals surface area contributed by atoms with Crippen molar-refractivity contribution in [3.8, 4) is 0 Å². The second kappa shape index (κ2) is 7.75. The van der Waals surface area contributed by atoms with E-state index in [9.17, 15) is 27.9 Å². The third kappa shape index (κ3) is 4.91. The zero-order valence-corrected chi connectivity index (χ0v) is 15.2. The van der Waals surface area contributed by atoms with Gasteiger partial charge >= 0.3 is 6.18 Å². The molecule has 27 heavy (non-hydrogen) atoms. The molecular formula is C17H13Cl2F3N2O3. The fourth-order valence-electron chi connectivity index (χ4n) is 1.87. The first-order valence-corrected chi connectivity index (χ1v) is 8.14. The molecule has 0 aliphatic carbocycles. The summed E-state index contributed by atoms with van der Waals surface area (Å²) in [6.07, 6.45) is -5.16. The molecule has 0 saturated heterocycles. The fraction of sp³-hybridized carbons (Fsp3) is 0.176. The minimum absolute atomic E-state index is 0.107. The molecule has 0 heterocycles. The molecule has 0 saturated carbocycles. The highest BCUT2D eigenvalue weighted by molar-refractivity contribution is 6.34. The maximum Gasteiger partial charge on any atom is 0.426 e. The van der Waals surface area contributed by atoms with Gasteiger partial charge in [-0.05, 0) is 49.4 Å². The fourth-order valence-corrected chi connectivity index (χ4v) is 2.22. The summed E-state index contributed by atoms with van der Waals surface area (Å²) in [5, 5.41) is 14.1. The first kappa shape index (κ1) is 21.0. The van der Waals surface area contributed by atoms with Gasteiger partial charge in [-0.3, -0.25) is 9.59 Å². The third-order valence-corrected chi connectivity index (χ3v) is 4.14. The molecule has 2 amide bonds. The first-order valence-electron chi connectivity index (χ1n) is 7.39. The van der Waals surface area contributed by atoms with Crippen molar-refractivity contribution < 1.29 is 27.9 Å². The second-order valence-corrected chi connectivity index (χ2v) is 6.52. The van der Waals surface area contributed by atoms with Crippen LogP contribution in [0.5, 0.6) is 0 Å². The lowest BCUT2D eigenvalue weighted by molar-refractivity contribution is -0.242. The van der Waals surface area contributed by atoms with Gasteiger partial charge in [0.2, 0.25) is 5.60 Å². The molecule has 0 radical (unpaired) electrons. The van der Waals surface area contributed by atoms with E-state index < -0.39 is 23.6 Å². The summed E-state index contributed by atoms with van der Waals surface area (Å²) in [5.41, 5.74) is -3.20. The average molecular weight is 421 g/mol. The number of nitrogens with one attached hydrogen (secondary N) is 2. The molecular weight excluding hydrogens is 408 g/mol. The van der Waals surface area contributed by atoms with Crippen molar-refractivity contribution in [3.63, 3.8) is 0 Å². The Morgan fingerprint density at radius 1 is 1.00 bits per heavy atom. The lowest BCUT2D eigenvalue weighted by Crippen LogP contribution is -2.52. The first-order chi connectivity index (χ1) is 12.4. The van der Waals surface area contributed by atoms with E-state index in [2.05, 4.69) is 5.32 Å². The van der Waals surface area contributed by atoms with Gasteiger partial charge in [0, 0.05) is 16.3 Å². The number of rotatable bonds is 4. The molecule has 1 unspecified atom stereocenters. The zero-order valence-electron chi connectivity index (χ0n) is 13.7. The third-order valence-electron chi connectivity index (χ3n) is 3.58. The van der Waals surface area contributed by atoms with Crippen molar-refractivity contribution >= 4 is 46.4 Å². The summed E-state index contributed by atoms with van der Waals surface area (Å²) < 4.78 is 38.1. The number of carbonyl (C=O) groups excluding carboxylic acids is 2. The number of hydrogen-bond acceptors (Lipinski definition) is 3. The summed E-state index contributed by atoms with van der Waals surface area (Å²) in [5.74, 6) is -2.23. The molecule has 5 nitrogen and oxygen atoms in total. The lowest BCUT2D eigenvalue weighted by atomic mass is 10.1. The number of halogens is 5. The van der Waals surface area contributed by atoms with E-state index in [-0.39, 0.29) is 16.3 Å². The quantitative estimate of drug-likeness (QED) is 0.681. The van der Waals surface area contributed by atoms with Crippen LogP contribution in [-0.4, -0.2) is 28.7 Å². The average Bonchev–Trinajstić information content (AvgIpc) is 2.57. The van der Waals surface area contributed by atoms with Gasteiger partial charge in [-0.1, -0.05) is 23.2 Å². The van der Waals surface area contributed by atoms with Crippen LogP contribution < -0.4 is 10.6 Å². The Kier molecular flexibility index (Phi) is 6.04. The highest BCUT2D eigenvalue weighted by Gasteiger charge is 2.55. The van der Waals surface area contributed by atoms with Gasteiger partial charge in [0.1, 0.15) is 0 Å². The van der Waals surface area contributed by atoms with Gasteiger partial charge in [-0.15, -0.1) is 0 Å². The molecule has 144 valence electrons. The molecule has 2 aromatic rings. The second-order valence-electron chi connectivity index (χ2n) is 5.68. The number of anilines is 2. The van der Waals surface area contributed by atoms with Gasteiger partial charge in [-0.25, -0.2) is 0 Å². The van der Waals surface area contributed by atoms with Crippen LogP contribution in [0.2, 0.25) is 10.0 Å². The summed E-state index contributed by atoms with van der Waals surface area (Å²) in [4.78, 5) is 23.9. The number of aliphatic hydroxyl groups is 1. The van der Waals surface area contributed by atoms with Gasteiger partial charge in [-0.2, -0.15) is 13.2 Å². The van der Waals surface area contributed by atoms with Crippen LogP contribution in [0.25, 0.3) is 0 Å². The Morgan fingerprint density at radius 2 is 1.59 bits per heavy atom. The van der Waals surface area contributed by atoms with E-state index in [1.54, 1.807) is 24.3 Å². The van der Waals surface area contributed by atoms with Crippen LogP contribution in [0.4, 0.5) is 24.5 Å². The normalized spacial score (nSPS) is 13.6. The van der Waals surface area contributed by atoms with E-state index in [0.717, 1.165) is 6.07 Å². The van der Waals surface area contributed by atoms with Gasteiger partial charge in [0.15, 0.2) is 0 Å². The van der Waals surface area contributed by atoms with E-state index in [1.807, 2.05) is 5.32 Å². The van der Waals surface area contributed by atoms with Gasteiger partial charge in [0.05, 0.1) is 10.7 Å². The predicted molar refractivity (Wildman–Crippen MR) is 96.2 cm³/mol. The van der Waals surface area contributed by atoms with Crippen molar-refractivity contribution in [2.45, 2.75) is 18.7 Å². The summed E-state index contributed by atoms with van der Waals surface area (Å²) in [7, 11) is 0. The van der Waals surface area contributed by atoms with Crippen LogP contribution >= 0.6 is 23.2 Å². The largest absolute Gasteiger partial charge is 0.426 e. The van der Waals surface area contributed by atoms with E-state index in [1.165, 1.54) is 12.1 Å². The maximum atomic E-state index is 12.7. The van der Waals surface area contributed by atoms with Crippen LogP contribution in [0, 0.1) is 0 Å². The predicted octanol–water partition coefficient (Wildman–Crippen LogP) is 4.50. The molecule has 0 fully saturated rings. The van der Waals surface area contributed by atoms with Crippen LogP contribution in [0.1, 0.15) is 17.3 Å². The van der Waals surface area contributed by atoms with Crippen LogP contribution in [0.3, 0.4) is 0 Å². The molecule has 0 aromatic heterocycles. The Morgan fingerprint density at radius 3 is 2.11 bits per heavy atom. The Labute approximate surface area is 162 Å². The molecule has 0 bridgehead atoms. The summed E-state index contributed by atoms with van der Waals surface area (Å²) in [6.45, 7) is 0.324. The molecule has 0 aliphatic rings. The smallest absolute Gasteiger partial charge is 0.373 e. The number of benzene rings is 2. The van der Waals surface area contributed by atoms with Crippen molar-refractivity contribution in [3.05, 3.63) is 58.1 Å². The lowest BCUT2D eigenvalue weighted by Gasteiger charge is -2.25. The maximum absolute atomic E-state index is 12.7. The number of hydrogen-bond donors (Lipinski definition) is 3. The monoisotopic (exact) mass is 420 g/mol. The van der Waals surface area contributed by atoms with Crippen molar-refractivity contribution in [2.75, 3.05) is 10.6 Å². The van der Waals surface area contributed by atoms with Crippen molar-refractivity contribution in [1.29, 1.82) is 0 Å². The summed E-state index contributed by atoms with van der Waals surface area (Å²) >= 11 is 11.7. The number of carbonyl (C=O) groups is 2. The zero-order chi connectivity index (χ0) is 20.4. The molecule has 0 aliphatic heterocycles. The number of amides is 2. The SMILES string of the molecule is CC(O)(C(=O)Nc1ccc(C(=O)Nc2ccc(Cl)cc2)cc1Cl)C(F)(F)F. The number of alkyl halides is 3. The molecule has 2 rings (SSSR count). The molecule has 10 heteroatoms. The highest BCUT2D eigenvalue weighted by atomic mass is 35.5. The summed E-state index contributed by atoms with van der Waals surface area (Å²) in [6, 6.07) is 9.90. The van der Waals surface area contributed by atoms with E-state index >= 15 is 0 Å². The van der Waals surface area contributed by atoms with Crippen molar-refractivity contribution in [2.24, 2.45) is 0 Å². The molecule has 3 N–H and O–H groups in total. The Balaban J connectivity index is 2.14. The topological polar surface area (TPSA) is 78.4 Å². The molecule has 0 spiro atoms. The highest BCUT2D eigenvalue weighted by Crippen LogP contribution is 2.32. The molecule has 1 atom stereocenters. The Hall–Kier alpha value is -2.29. The van der Waals surface area contributed by atoms with Gasteiger partial charge in [0.25, 0.3) is 11.8 Å². The minimum Gasteiger partial charge on any atom is -0.373 e.